The van der Waals surface area contributed by atoms with E-state index in [0.717, 1.165) is 77.0 Å². The Balaban J connectivity index is 1.09. The number of aromatic nitrogens is 3. The van der Waals surface area contributed by atoms with E-state index < -0.39 is 0 Å². The van der Waals surface area contributed by atoms with Crippen LogP contribution in [-0.4, -0.2) is 14.5 Å². The third kappa shape index (κ3) is 4.98. The second-order valence-electron chi connectivity index (χ2n) is 15.8. The Bertz CT molecular complexity index is 3900. The maximum Gasteiger partial charge on any atom is 0.235 e. The van der Waals surface area contributed by atoms with Crippen LogP contribution in [0.2, 0.25) is 0 Å². The zero-order chi connectivity index (χ0) is 39.3. The number of furan rings is 1. The second kappa shape index (κ2) is 12.7. The molecule has 0 fully saturated rings. The van der Waals surface area contributed by atoms with Gasteiger partial charge in [-0.3, -0.25) is 4.57 Å². The molecule has 13 rings (SSSR count). The molecule has 10 aromatic carbocycles. The van der Waals surface area contributed by atoms with E-state index in [4.69, 9.17) is 14.4 Å². The smallest absolute Gasteiger partial charge is 0.235 e. The third-order valence-corrected chi connectivity index (χ3v) is 12.3. The van der Waals surface area contributed by atoms with Crippen LogP contribution in [0.15, 0.2) is 205 Å². The number of benzene rings is 10. The number of hydrogen-bond acceptors (Lipinski definition) is 3. The lowest BCUT2D eigenvalue weighted by Gasteiger charge is -2.13. The molecule has 0 N–H and O–H groups in total. The fourth-order valence-corrected chi connectivity index (χ4v) is 9.47. The summed E-state index contributed by atoms with van der Waals surface area (Å²) in [5, 5.41) is 12.7. The maximum atomic E-state index is 6.76. The van der Waals surface area contributed by atoms with Crippen molar-refractivity contribution in [2.45, 2.75) is 0 Å². The minimum absolute atomic E-state index is 0.627. The molecule has 0 saturated heterocycles. The second-order valence-corrected chi connectivity index (χ2v) is 15.8. The van der Waals surface area contributed by atoms with Gasteiger partial charge >= 0.3 is 0 Å². The first-order chi connectivity index (χ1) is 29.7. The maximum absolute atomic E-state index is 6.76. The molecule has 0 bridgehead atoms. The lowest BCUT2D eigenvalue weighted by molar-refractivity contribution is 0.670. The molecule has 0 spiro atoms. The van der Waals surface area contributed by atoms with E-state index in [0.29, 0.717) is 5.95 Å². The summed E-state index contributed by atoms with van der Waals surface area (Å²) in [6.45, 7) is 0. The summed E-state index contributed by atoms with van der Waals surface area (Å²) >= 11 is 0. The number of nitrogens with zero attached hydrogens (tertiary/aromatic N) is 3. The topological polar surface area (TPSA) is 43.9 Å². The quantitative estimate of drug-likeness (QED) is 0.179. The van der Waals surface area contributed by atoms with Crippen molar-refractivity contribution in [3.63, 3.8) is 0 Å². The van der Waals surface area contributed by atoms with Crippen LogP contribution < -0.4 is 0 Å². The van der Waals surface area contributed by atoms with Crippen LogP contribution in [0.3, 0.4) is 0 Å². The van der Waals surface area contributed by atoms with E-state index >= 15 is 0 Å². The third-order valence-electron chi connectivity index (χ3n) is 12.3. The summed E-state index contributed by atoms with van der Waals surface area (Å²) in [7, 11) is 0. The van der Waals surface area contributed by atoms with Gasteiger partial charge < -0.3 is 4.42 Å². The highest BCUT2D eigenvalue weighted by atomic mass is 16.3. The van der Waals surface area contributed by atoms with Gasteiger partial charge in [-0.05, 0) is 104 Å². The number of rotatable bonds is 4. The van der Waals surface area contributed by atoms with Crippen molar-refractivity contribution in [3.8, 4) is 39.5 Å². The van der Waals surface area contributed by atoms with Crippen molar-refractivity contribution in [1.29, 1.82) is 0 Å². The molecule has 3 aromatic heterocycles. The minimum atomic E-state index is 0.627. The molecule has 0 aliphatic rings. The lowest BCUT2D eigenvalue weighted by Crippen LogP contribution is -2.03. The first kappa shape index (κ1) is 32.9. The highest BCUT2D eigenvalue weighted by Crippen LogP contribution is 2.43. The van der Waals surface area contributed by atoms with E-state index in [1.54, 1.807) is 0 Å². The molecular weight excluding hydrogens is 731 g/mol. The Kier molecular flexibility index (Phi) is 6.98. The Morgan fingerprint density at radius 2 is 1.00 bits per heavy atom. The van der Waals surface area contributed by atoms with Crippen LogP contribution in [0.1, 0.15) is 0 Å². The number of fused-ring (bicyclic) bond motifs is 11. The highest BCUT2D eigenvalue weighted by molar-refractivity contribution is 6.22. The molecular formula is C56H33N3O. The van der Waals surface area contributed by atoms with Crippen molar-refractivity contribution >= 4 is 87.0 Å². The Morgan fingerprint density at radius 1 is 0.367 bits per heavy atom. The molecule has 0 aliphatic carbocycles. The average Bonchev–Trinajstić information content (AvgIpc) is 3.85. The van der Waals surface area contributed by atoms with Crippen LogP contribution in [-0.2, 0) is 0 Å². The summed E-state index contributed by atoms with van der Waals surface area (Å²) < 4.78 is 9.02. The molecule has 0 aliphatic heterocycles. The van der Waals surface area contributed by atoms with Gasteiger partial charge in [0, 0.05) is 38.1 Å². The summed E-state index contributed by atoms with van der Waals surface area (Å²) in [6.07, 6.45) is 0. The SMILES string of the molecule is c1ccc(-c2cc(-c3nc(-n4c5ccc(-c6ccc7ccccc7c6)cc5c5c6ccccc6ccc54)nc4ccccc34)cc3c2oc2cc4ccccc4cc23)cc1. The van der Waals surface area contributed by atoms with Gasteiger partial charge in [-0.2, -0.15) is 0 Å². The first-order valence-corrected chi connectivity index (χ1v) is 20.4. The Hall–Kier alpha value is -8.08. The van der Waals surface area contributed by atoms with E-state index in [1.165, 1.54) is 43.4 Å². The van der Waals surface area contributed by atoms with E-state index in [9.17, 15) is 0 Å². The monoisotopic (exact) mass is 763 g/mol. The van der Waals surface area contributed by atoms with E-state index in [-0.39, 0.29) is 0 Å². The zero-order valence-corrected chi connectivity index (χ0v) is 32.3. The van der Waals surface area contributed by atoms with Gasteiger partial charge in [0.15, 0.2) is 0 Å². The normalized spacial score (nSPS) is 12.0. The Labute approximate surface area is 344 Å². The molecule has 4 nitrogen and oxygen atoms in total. The summed E-state index contributed by atoms with van der Waals surface area (Å²) in [5.41, 5.74) is 11.1. The predicted octanol–water partition coefficient (Wildman–Crippen LogP) is 15.1. The standard InChI is InChI=1S/C56H33N3O/c1-2-13-35(14-3-1)45-31-42(32-47-46-29-38-17-6-7-18-39(38)33-52(46)60-55(45)47)54-44-20-10-11-21-49(44)57-56(58-54)59-50-26-25-41(40-23-22-34-12-4-5-16-37(34)28-40)30-48(50)53-43-19-9-8-15-36(43)24-27-51(53)59/h1-33H. The van der Waals surface area contributed by atoms with Crippen LogP contribution in [0, 0.1) is 0 Å². The van der Waals surface area contributed by atoms with Crippen molar-refractivity contribution in [2.24, 2.45) is 0 Å². The van der Waals surface area contributed by atoms with Crippen molar-refractivity contribution in [1.82, 2.24) is 14.5 Å². The average molecular weight is 764 g/mol. The van der Waals surface area contributed by atoms with Gasteiger partial charge in [0.25, 0.3) is 0 Å². The molecule has 4 heteroatoms. The van der Waals surface area contributed by atoms with Crippen LogP contribution in [0.5, 0.6) is 0 Å². The molecule has 3 heterocycles. The molecule has 0 saturated carbocycles. The summed E-state index contributed by atoms with van der Waals surface area (Å²) in [5.74, 6) is 0.627. The molecule has 0 atom stereocenters. The molecule has 278 valence electrons. The molecule has 0 radical (unpaired) electrons. The highest BCUT2D eigenvalue weighted by Gasteiger charge is 2.22. The van der Waals surface area contributed by atoms with Crippen LogP contribution in [0.25, 0.3) is 126 Å². The van der Waals surface area contributed by atoms with E-state index in [1.807, 2.05) is 0 Å². The molecule has 0 unspecified atom stereocenters. The Morgan fingerprint density at radius 3 is 1.85 bits per heavy atom. The fraction of sp³-hybridized carbons (Fsp3) is 0. The minimum Gasteiger partial charge on any atom is -0.455 e. The predicted molar refractivity (Wildman–Crippen MR) is 250 cm³/mol. The molecule has 0 amide bonds. The van der Waals surface area contributed by atoms with Crippen molar-refractivity contribution in [2.75, 3.05) is 0 Å². The van der Waals surface area contributed by atoms with Gasteiger partial charge in [-0.25, -0.2) is 9.97 Å². The van der Waals surface area contributed by atoms with Gasteiger partial charge in [-0.1, -0.05) is 146 Å². The first-order valence-electron chi connectivity index (χ1n) is 20.4. The lowest BCUT2D eigenvalue weighted by atomic mass is 9.96. The number of hydrogen-bond donors (Lipinski definition) is 0. The van der Waals surface area contributed by atoms with Crippen LogP contribution in [0.4, 0.5) is 0 Å². The van der Waals surface area contributed by atoms with Crippen molar-refractivity contribution < 1.29 is 4.42 Å². The van der Waals surface area contributed by atoms with Crippen molar-refractivity contribution in [3.05, 3.63) is 200 Å². The summed E-state index contributed by atoms with van der Waals surface area (Å²) in [6, 6.07) is 71.5. The summed E-state index contributed by atoms with van der Waals surface area (Å²) in [4.78, 5) is 10.9. The number of para-hydroxylation sites is 1. The van der Waals surface area contributed by atoms with Gasteiger partial charge in [0.05, 0.1) is 22.2 Å². The van der Waals surface area contributed by atoms with Gasteiger partial charge in [0.1, 0.15) is 11.2 Å². The van der Waals surface area contributed by atoms with E-state index in [2.05, 4.69) is 205 Å². The molecule has 60 heavy (non-hydrogen) atoms. The van der Waals surface area contributed by atoms with Gasteiger partial charge in [0.2, 0.25) is 5.95 Å². The largest absolute Gasteiger partial charge is 0.455 e. The molecule has 13 aromatic rings. The van der Waals surface area contributed by atoms with Gasteiger partial charge in [-0.15, -0.1) is 0 Å². The van der Waals surface area contributed by atoms with Crippen LogP contribution >= 0.6 is 0 Å². The zero-order valence-electron chi connectivity index (χ0n) is 32.3. The fourth-order valence-electron chi connectivity index (χ4n) is 9.47.